The van der Waals surface area contributed by atoms with E-state index < -0.39 is 0 Å². The number of piperazine rings is 1. The Morgan fingerprint density at radius 2 is 1.54 bits per heavy atom. The topological polar surface area (TPSA) is 189 Å². The van der Waals surface area contributed by atoms with Gasteiger partial charge in [0.1, 0.15) is 34.2 Å². The number of nitrogens with one attached hydrogen (secondary N) is 5. The molecule has 63 heavy (non-hydrogen) atoms. The first-order valence-corrected chi connectivity index (χ1v) is 21.1. The highest BCUT2D eigenvalue weighted by atomic mass is 16.5. The van der Waals surface area contributed by atoms with Crippen LogP contribution < -0.4 is 14.8 Å². The molecule has 1 atom stereocenters. The predicted molar refractivity (Wildman–Crippen MR) is 240 cm³/mol. The van der Waals surface area contributed by atoms with E-state index in [4.69, 9.17) is 19.4 Å². The number of likely N-dealkylation sites (N-methyl/N-ethyl adjacent to an activating group) is 1. The van der Waals surface area contributed by atoms with Gasteiger partial charge in [-0.25, -0.2) is 9.97 Å². The molecule has 1 aliphatic heterocycles. The van der Waals surface area contributed by atoms with Crippen molar-refractivity contribution < 1.29 is 19.1 Å². The van der Waals surface area contributed by atoms with Gasteiger partial charge in [-0.1, -0.05) is 24.3 Å². The van der Waals surface area contributed by atoms with Crippen molar-refractivity contribution in [2.75, 3.05) is 54.0 Å². The van der Waals surface area contributed by atoms with Crippen LogP contribution in [0.2, 0.25) is 0 Å². The summed E-state index contributed by atoms with van der Waals surface area (Å²) in [5.74, 6) is 1.20. The number of benzene rings is 2. The van der Waals surface area contributed by atoms with Crippen LogP contribution >= 0.6 is 0 Å². The zero-order valence-corrected chi connectivity index (χ0v) is 35.5. The minimum atomic E-state index is -0.213. The summed E-state index contributed by atoms with van der Waals surface area (Å²) in [6, 6.07) is 27.3. The second kappa shape index (κ2) is 18.4. The third-order valence-corrected chi connectivity index (χ3v) is 11.8. The molecule has 2 amide bonds. The summed E-state index contributed by atoms with van der Waals surface area (Å²) in [6.07, 6.45) is 6.90. The summed E-state index contributed by atoms with van der Waals surface area (Å²) in [6.45, 7) is 4.93. The van der Waals surface area contributed by atoms with Crippen LogP contribution in [-0.4, -0.2) is 127 Å². The fourth-order valence-electron chi connectivity index (χ4n) is 8.27. The summed E-state index contributed by atoms with van der Waals surface area (Å²) in [7, 11) is 5.44. The number of fused-ring (bicyclic) bond motifs is 2. The summed E-state index contributed by atoms with van der Waals surface area (Å²) in [5.41, 5.74) is 8.51. The first kappa shape index (κ1) is 41.1. The molecule has 0 aliphatic carbocycles. The van der Waals surface area contributed by atoms with E-state index in [2.05, 4.69) is 52.5 Å². The van der Waals surface area contributed by atoms with Gasteiger partial charge in [-0.15, -0.1) is 0 Å². The standard InChI is InChI=1S/C47H50N12O4/c1-57-17-18-58(15-6-16-59(28-31-8-5-10-37(20-31)63-3)47(61)43-22-33-11-13-39(52-44(33)55-43)34-25-49-50-26-34)29-35(57)23-41-38(27-51-56-41)40-14-12-32-21-42(54-45(32)53-40)46(60)48-24-30-7-4-9-36(19-30)62-2/h4-5,7-14,19-22,25-27,35H,6,15-18,23-24,28-29H2,1-3H3,(H,48,60)(H,49,50)(H,51,56)(H,52,55)(H,53,54). The van der Waals surface area contributed by atoms with Crippen molar-refractivity contribution in [1.29, 1.82) is 0 Å². The van der Waals surface area contributed by atoms with Gasteiger partial charge in [0.05, 0.1) is 38.0 Å². The fraction of sp³-hybridized carbons (Fsp3) is 0.277. The Morgan fingerprint density at radius 1 is 0.825 bits per heavy atom. The second-order valence-electron chi connectivity index (χ2n) is 16.0. The van der Waals surface area contributed by atoms with Crippen LogP contribution in [0.3, 0.4) is 0 Å². The Kier molecular flexibility index (Phi) is 12.0. The van der Waals surface area contributed by atoms with Crippen molar-refractivity contribution in [3.63, 3.8) is 0 Å². The molecule has 9 rings (SSSR count). The number of amides is 2. The number of aromatic nitrogens is 8. The van der Waals surface area contributed by atoms with Gasteiger partial charge in [-0.3, -0.25) is 19.8 Å². The molecule has 0 bridgehead atoms. The Morgan fingerprint density at radius 3 is 2.30 bits per heavy atom. The summed E-state index contributed by atoms with van der Waals surface area (Å²) < 4.78 is 10.8. The van der Waals surface area contributed by atoms with Gasteiger partial charge >= 0.3 is 0 Å². The van der Waals surface area contributed by atoms with E-state index in [0.717, 1.165) is 101 Å². The number of hydrogen-bond acceptors (Lipinski definition) is 10. The predicted octanol–water partition coefficient (Wildman–Crippen LogP) is 6.06. The molecule has 16 nitrogen and oxygen atoms in total. The Labute approximate surface area is 364 Å². The summed E-state index contributed by atoms with van der Waals surface area (Å²) in [4.78, 5) is 50.3. The largest absolute Gasteiger partial charge is 0.497 e. The van der Waals surface area contributed by atoms with E-state index in [9.17, 15) is 9.59 Å². The van der Waals surface area contributed by atoms with Gasteiger partial charge < -0.3 is 39.5 Å². The number of hydrogen-bond donors (Lipinski definition) is 5. The van der Waals surface area contributed by atoms with Gasteiger partial charge in [-0.05, 0) is 91.8 Å². The van der Waals surface area contributed by atoms with Crippen molar-refractivity contribution in [3.8, 4) is 34.0 Å². The van der Waals surface area contributed by atoms with Crippen molar-refractivity contribution in [2.24, 2.45) is 0 Å². The number of rotatable bonds is 16. The first-order chi connectivity index (χ1) is 30.8. The van der Waals surface area contributed by atoms with E-state index >= 15 is 0 Å². The summed E-state index contributed by atoms with van der Waals surface area (Å²) in [5, 5.41) is 19.3. The minimum absolute atomic E-state index is 0.0845. The number of ether oxygens (including phenoxy) is 2. The molecule has 1 unspecified atom stereocenters. The zero-order chi connectivity index (χ0) is 43.3. The number of carbonyl (C=O) groups is 2. The molecule has 322 valence electrons. The van der Waals surface area contributed by atoms with Gasteiger partial charge in [0.25, 0.3) is 11.8 Å². The van der Waals surface area contributed by atoms with Crippen LogP contribution in [0, 0.1) is 0 Å². The third-order valence-electron chi connectivity index (χ3n) is 11.8. The van der Waals surface area contributed by atoms with Crippen LogP contribution in [0.25, 0.3) is 44.6 Å². The normalized spacial score (nSPS) is 14.6. The molecule has 6 aromatic heterocycles. The molecule has 7 heterocycles. The van der Waals surface area contributed by atoms with Crippen LogP contribution in [0.5, 0.6) is 11.5 Å². The molecule has 1 aliphatic rings. The van der Waals surface area contributed by atoms with E-state index in [1.807, 2.05) is 96.0 Å². The molecule has 8 aromatic rings. The number of H-pyrrole nitrogens is 4. The van der Waals surface area contributed by atoms with Gasteiger partial charge in [-0.2, -0.15) is 10.2 Å². The summed E-state index contributed by atoms with van der Waals surface area (Å²) >= 11 is 0. The van der Waals surface area contributed by atoms with Crippen LogP contribution in [0.1, 0.15) is 44.2 Å². The van der Waals surface area contributed by atoms with E-state index in [-0.39, 0.29) is 17.9 Å². The number of aromatic amines is 4. The lowest BCUT2D eigenvalue weighted by molar-refractivity contribution is 0.0700. The van der Waals surface area contributed by atoms with Crippen molar-refractivity contribution in [3.05, 3.63) is 132 Å². The molecular formula is C47H50N12O4. The number of carbonyl (C=O) groups excluding carboxylic acids is 2. The van der Waals surface area contributed by atoms with E-state index in [1.54, 1.807) is 26.6 Å². The minimum Gasteiger partial charge on any atom is -0.497 e. The molecule has 1 saturated heterocycles. The highest BCUT2D eigenvalue weighted by Crippen LogP contribution is 2.27. The Balaban J connectivity index is 0.845. The lowest BCUT2D eigenvalue weighted by Gasteiger charge is -2.39. The maximum atomic E-state index is 14.3. The number of nitrogens with zero attached hydrogens (tertiary/aromatic N) is 7. The average molecular weight is 847 g/mol. The third kappa shape index (κ3) is 9.32. The van der Waals surface area contributed by atoms with Gasteiger partial charge in [0.15, 0.2) is 0 Å². The number of pyridine rings is 2. The van der Waals surface area contributed by atoms with E-state index in [0.29, 0.717) is 42.3 Å². The molecule has 1 fully saturated rings. The molecular weight excluding hydrogens is 797 g/mol. The molecule has 16 heteroatoms. The van der Waals surface area contributed by atoms with Gasteiger partial charge in [0.2, 0.25) is 0 Å². The maximum absolute atomic E-state index is 14.3. The lowest BCUT2D eigenvalue weighted by atomic mass is 10.0. The zero-order valence-electron chi connectivity index (χ0n) is 35.5. The smallest absolute Gasteiger partial charge is 0.270 e. The molecule has 2 aromatic carbocycles. The van der Waals surface area contributed by atoms with Crippen LogP contribution in [0.4, 0.5) is 0 Å². The Bertz CT molecular complexity index is 2850. The van der Waals surface area contributed by atoms with Crippen molar-refractivity contribution in [1.82, 2.24) is 60.3 Å². The molecule has 0 saturated carbocycles. The van der Waals surface area contributed by atoms with Crippen LogP contribution in [0.15, 0.2) is 104 Å². The SMILES string of the molecule is COc1cccc(CNC(=O)c2cc3ccc(-c4cn[nH]c4CC4CN(CCCN(Cc5cccc(OC)c5)C(=O)c5cc6ccc(-c7cn[nH]c7)nc6[nH]5)CCN4C)nc3[nH]2)c1. The van der Waals surface area contributed by atoms with Gasteiger partial charge in [0, 0.05) is 85.5 Å². The Hall–Kier alpha value is -7.30. The number of methoxy groups -OCH3 is 2. The quantitative estimate of drug-likeness (QED) is 0.0765. The monoisotopic (exact) mass is 846 g/mol. The molecule has 5 N–H and O–H groups in total. The van der Waals surface area contributed by atoms with E-state index in [1.165, 1.54) is 0 Å². The average Bonchev–Trinajstić information content (AvgIpc) is 4.16. The van der Waals surface area contributed by atoms with Crippen molar-refractivity contribution in [2.45, 2.75) is 32.0 Å². The highest BCUT2D eigenvalue weighted by Gasteiger charge is 2.27. The second-order valence-corrected chi connectivity index (χ2v) is 16.0. The first-order valence-electron chi connectivity index (χ1n) is 21.1. The fourth-order valence-corrected chi connectivity index (χ4v) is 8.27. The lowest BCUT2D eigenvalue weighted by Crippen LogP contribution is -2.52. The maximum Gasteiger partial charge on any atom is 0.270 e. The highest BCUT2D eigenvalue weighted by molar-refractivity contribution is 5.98. The molecule has 0 spiro atoms. The molecule has 0 radical (unpaired) electrons. The van der Waals surface area contributed by atoms with Crippen LogP contribution in [-0.2, 0) is 19.5 Å². The van der Waals surface area contributed by atoms with Crippen molar-refractivity contribution >= 4 is 33.9 Å².